The minimum Gasteiger partial charge on any atom is -0.497 e. The third-order valence-corrected chi connectivity index (χ3v) is 8.84. The van der Waals surface area contributed by atoms with Crippen LogP contribution < -0.4 is 9.64 Å². The molecule has 32 heavy (non-hydrogen) atoms. The highest BCUT2D eigenvalue weighted by Crippen LogP contribution is 2.56. The van der Waals surface area contributed by atoms with Crippen molar-refractivity contribution in [1.29, 1.82) is 0 Å². The zero-order valence-corrected chi connectivity index (χ0v) is 19.5. The zero-order chi connectivity index (χ0) is 22.5. The summed E-state index contributed by atoms with van der Waals surface area (Å²) in [5, 5.41) is 11.5. The number of methoxy groups -OCH3 is 1. The van der Waals surface area contributed by atoms with Crippen LogP contribution in [0, 0.1) is 23.2 Å². The molecule has 1 unspecified atom stereocenters. The molecule has 2 heterocycles. The molecular formula is C26H36N2O4. The first-order valence-electron chi connectivity index (χ1n) is 12.1. The first-order chi connectivity index (χ1) is 15.4. The molecule has 2 aliphatic carbocycles. The highest BCUT2D eigenvalue weighted by Gasteiger charge is 2.59. The van der Waals surface area contributed by atoms with Crippen LogP contribution in [0.5, 0.6) is 5.75 Å². The number of ether oxygens (including phenoxy) is 2. The summed E-state index contributed by atoms with van der Waals surface area (Å²) >= 11 is 0. The first-order valence-corrected chi connectivity index (χ1v) is 12.1. The fourth-order valence-electron chi connectivity index (χ4n) is 6.53. The lowest BCUT2D eigenvalue weighted by atomic mass is 9.55. The van der Waals surface area contributed by atoms with Crippen LogP contribution in [0.3, 0.4) is 0 Å². The number of rotatable bonds is 4. The number of aliphatic hydroxyl groups is 1. The van der Waals surface area contributed by atoms with Gasteiger partial charge in [0, 0.05) is 56.2 Å². The van der Waals surface area contributed by atoms with Crippen LogP contribution in [0.15, 0.2) is 35.9 Å². The van der Waals surface area contributed by atoms with Crippen molar-refractivity contribution in [3.05, 3.63) is 35.9 Å². The second-order valence-corrected chi connectivity index (χ2v) is 10.3. The van der Waals surface area contributed by atoms with Gasteiger partial charge in [-0.15, -0.1) is 0 Å². The Morgan fingerprint density at radius 1 is 1.19 bits per heavy atom. The normalized spacial score (nSPS) is 37.4. The van der Waals surface area contributed by atoms with E-state index in [1.54, 1.807) is 7.11 Å². The van der Waals surface area contributed by atoms with Crippen LogP contribution in [0.4, 0.5) is 5.69 Å². The minimum atomic E-state index is -0.528. The molecule has 2 aliphatic heterocycles. The second-order valence-electron chi connectivity index (χ2n) is 10.3. The van der Waals surface area contributed by atoms with Crippen LogP contribution in [-0.4, -0.2) is 68.0 Å². The molecule has 1 aromatic carbocycles. The van der Waals surface area contributed by atoms with Crippen LogP contribution in [0.25, 0.3) is 0 Å². The maximum atomic E-state index is 12.9. The SMILES string of the molecule is COc1ccc(N2CCN(CC3C(=O)O[C@@H]4CC5=CCC[C@@H](C)[C@@]5(C)[C@@H](O)[C@H]34)CC2)cc1. The van der Waals surface area contributed by atoms with Gasteiger partial charge < -0.3 is 19.5 Å². The van der Waals surface area contributed by atoms with E-state index in [9.17, 15) is 9.90 Å². The van der Waals surface area contributed by atoms with Gasteiger partial charge >= 0.3 is 5.97 Å². The van der Waals surface area contributed by atoms with E-state index in [4.69, 9.17) is 9.47 Å². The van der Waals surface area contributed by atoms with Crippen molar-refractivity contribution >= 4 is 11.7 Å². The Morgan fingerprint density at radius 3 is 2.59 bits per heavy atom. The van der Waals surface area contributed by atoms with E-state index in [1.807, 2.05) is 12.1 Å². The van der Waals surface area contributed by atoms with Crippen LogP contribution >= 0.6 is 0 Å². The topological polar surface area (TPSA) is 62.2 Å². The average molecular weight is 441 g/mol. The molecule has 0 radical (unpaired) electrons. The van der Waals surface area contributed by atoms with Gasteiger partial charge in [0.05, 0.1) is 19.1 Å². The van der Waals surface area contributed by atoms with Gasteiger partial charge in [-0.05, 0) is 43.0 Å². The Morgan fingerprint density at radius 2 is 1.91 bits per heavy atom. The number of nitrogens with zero attached hydrogens (tertiary/aromatic N) is 2. The van der Waals surface area contributed by atoms with E-state index in [0.717, 1.165) is 51.2 Å². The summed E-state index contributed by atoms with van der Waals surface area (Å²) in [7, 11) is 1.68. The van der Waals surface area contributed by atoms with Crippen molar-refractivity contribution in [2.45, 2.75) is 45.3 Å². The number of esters is 1. The Balaban J connectivity index is 1.25. The predicted molar refractivity (Wildman–Crippen MR) is 124 cm³/mol. The average Bonchev–Trinajstić information content (AvgIpc) is 3.11. The van der Waals surface area contributed by atoms with E-state index >= 15 is 0 Å². The van der Waals surface area contributed by atoms with E-state index in [1.165, 1.54) is 11.3 Å². The van der Waals surface area contributed by atoms with Crippen molar-refractivity contribution < 1.29 is 19.4 Å². The largest absolute Gasteiger partial charge is 0.497 e. The fourth-order valence-corrected chi connectivity index (χ4v) is 6.53. The molecule has 3 fully saturated rings. The van der Waals surface area contributed by atoms with Crippen LogP contribution in [-0.2, 0) is 9.53 Å². The van der Waals surface area contributed by atoms with Crippen molar-refractivity contribution in [2.24, 2.45) is 23.2 Å². The van der Waals surface area contributed by atoms with Crippen LogP contribution in [0.1, 0.15) is 33.1 Å². The number of fused-ring (bicyclic) bond motifs is 2. The third-order valence-electron chi connectivity index (χ3n) is 8.84. The van der Waals surface area contributed by atoms with E-state index < -0.39 is 6.10 Å². The Kier molecular flexibility index (Phi) is 5.70. The summed E-state index contributed by atoms with van der Waals surface area (Å²) in [6.07, 6.45) is 4.54. The molecule has 0 spiro atoms. The van der Waals surface area contributed by atoms with Crippen molar-refractivity contribution in [2.75, 3.05) is 44.7 Å². The number of aliphatic hydroxyl groups excluding tert-OH is 1. The fraction of sp³-hybridized carbons (Fsp3) is 0.654. The number of hydrogen-bond acceptors (Lipinski definition) is 6. The van der Waals surface area contributed by atoms with E-state index in [-0.39, 0.29) is 29.3 Å². The highest BCUT2D eigenvalue weighted by molar-refractivity contribution is 5.76. The minimum absolute atomic E-state index is 0.107. The summed E-state index contributed by atoms with van der Waals surface area (Å²) in [4.78, 5) is 17.6. The lowest BCUT2D eigenvalue weighted by Crippen LogP contribution is -2.55. The number of piperazine rings is 1. The van der Waals surface area contributed by atoms with Gasteiger partial charge in [-0.3, -0.25) is 9.69 Å². The van der Waals surface area contributed by atoms with Gasteiger partial charge in [0.1, 0.15) is 11.9 Å². The number of hydrogen-bond donors (Lipinski definition) is 1. The van der Waals surface area contributed by atoms with Gasteiger partial charge in [0.25, 0.3) is 0 Å². The van der Waals surface area contributed by atoms with Crippen molar-refractivity contribution in [1.82, 2.24) is 4.90 Å². The van der Waals surface area contributed by atoms with Gasteiger partial charge in [-0.1, -0.05) is 25.5 Å². The quantitative estimate of drug-likeness (QED) is 0.574. The number of allylic oxidation sites excluding steroid dienone is 1. The molecule has 174 valence electrons. The summed E-state index contributed by atoms with van der Waals surface area (Å²) in [5.41, 5.74) is 2.26. The number of carbonyl (C=O) groups is 1. The van der Waals surface area contributed by atoms with E-state index in [2.05, 4.69) is 41.9 Å². The first kappa shape index (κ1) is 21.8. The molecular weight excluding hydrogens is 404 g/mol. The van der Waals surface area contributed by atoms with Gasteiger partial charge in [0.2, 0.25) is 0 Å². The molecule has 6 atom stereocenters. The lowest BCUT2D eigenvalue weighted by Gasteiger charge is -2.52. The molecule has 6 nitrogen and oxygen atoms in total. The maximum absolute atomic E-state index is 12.9. The molecule has 5 rings (SSSR count). The van der Waals surface area contributed by atoms with Gasteiger partial charge in [0.15, 0.2) is 0 Å². The zero-order valence-electron chi connectivity index (χ0n) is 19.5. The van der Waals surface area contributed by atoms with E-state index in [0.29, 0.717) is 12.5 Å². The van der Waals surface area contributed by atoms with Crippen molar-refractivity contribution in [3.8, 4) is 5.75 Å². The molecule has 6 heteroatoms. The van der Waals surface area contributed by atoms with Gasteiger partial charge in [-0.2, -0.15) is 0 Å². The summed E-state index contributed by atoms with van der Waals surface area (Å²) in [5.74, 6) is 0.821. The third kappa shape index (κ3) is 3.52. The van der Waals surface area contributed by atoms with Crippen LogP contribution in [0.2, 0.25) is 0 Å². The summed E-state index contributed by atoms with van der Waals surface area (Å²) in [6.45, 7) is 8.79. The number of carbonyl (C=O) groups excluding carboxylic acids is 1. The maximum Gasteiger partial charge on any atom is 0.311 e. The molecule has 2 saturated heterocycles. The summed E-state index contributed by atoms with van der Waals surface area (Å²) < 4.78 is 11.1. The van der Waals surface area contributed by atoms with Crippen molar-refractivity contribution in [3.63, 3.8) is 0 Å². The standard InChI is InChI=1S/C26H36N2O4/c1-17-5-4-6-18-15-22-23(24(29)26(17,18)2)21(25(30)32-22)16-27-11-13-28(14-12-27)19-7-9-20(31-3)10-8-19/h6-10,17,21-24,29H,4-5,11-16H2,1-3H3/t17-,21?,22-,23-,24+,26-/m1/s1. The highest BCUT2D eigenvalue weighted by atomic mass is 16.6. The number of benzene rings is 1. The Hall–Kier alpha value is -2.05. The molecule has 0 bridgehead atoms. The Bertz CT molecular complexity index is 876. The molecule has 1 N–H and O–H groups in total. The number of anilines is 1. The lowest BCUT2D eigenvalue weighted by molar-refractivity contribution is -0.145. The monoisotopic (exact) mass is 440 g/mol. The molecule has 0 amide bonds. The molecule has 0 aromatic heterocycles. The molecule has 1 saturated carbocycles. The summed E-state index contributed by atoms with van der Waals surface area (Å²) in [6, 6.07) is 8.19. The molecule has 1 aromatic rings. The predicted octanol–water partition coefficient (Wildman–Crippen LogP) is 3.10. The smallest absolute Gasteiger partial charge is 0.311 e. The Labute approximate surface area is 191 Å². The van der Waals surface area contributed by atoms with Gasteiger partial charge in [-0.25, -0.2) is 0 Å². The molecule has 4 aliphatic rings. The second kappa shape index (κ2) is 8.38.